The van der Waals surface area contributed by atoms with Gasteiger partial charge in [-0.15, -0.1) is 0 Å². The zero-order valence-electron chi connectivity index (χ0n) is 22.0. The molecule has 0 radical (unpaired) electrons. The van der Waals surface area contributed by atoms with Crippen molar-refractivity contribution in [2.24, 2.45) is 0 Å². The number of rotatable bonds is 8. The molecule has 2 atom stereocenters. The van der Waals surface area contributed by atoms with Gasteiger partial charge in [0.25, 0.3) is 0 Å². The fourth-order valence-corrected chi connectivity index (χ4v) is 4.61. The highest BCUT2D eigenvalue weighted by atomic mass is 19.4. The van der Waals surface area contributed by atoms with E-state index in [0.29, 0.717) is 44.2 Å². The maximum absolute atomic E-state index is 13.9. The lowest BCUT2D eigenvalue weighted by molar-refractivity contribution is -0.140. The molecule has 0 saturated carbocycles. The van der Waals surface area contributed by atoms with Crippen LogP contribution in [0, 0.1) is 0 Å². The number of aromatic nitrogens is 4. The smallest absolute Gasteiger partial charge is 0.434 e. The molecule has 218 valence electrons. The number of alkyl halides is 3. The molecule has 5 rings (SSSR count). The van der Waals surface area contributed by atoms with Crippen LogP contribution in [0.4, 0.5) is 35.7 Å². The van der Waals surface area contributed by atoms with E-state index in [1.807, 2.05) is 6.92 Å². The Kier molecular flexibility index (Phi) is 8.08. The normalized spacial score (nSPS) is 19.4. The number of halogens is 3. The van der Waals surface area contributed by atoms with Crippen LogP contribution in [-0.4, -0.2) is 76.7 Å². The van der Waals surface area contributed by atoms with Gasteiger partial charge < -0.3 is 30.0 Å². The van der Waals surface area contributed by atoms with Crippen LogP contribution in [0.3, 0.4) is 0 Å². The number of aliphatic hydroxyl groups excluding tert-OH is 1. The molecule has 3 aromatic rings. The Morgan fingerprint density at radius 1 is 1.15 bits per heavy atom. The minimum absolute atomic E-state index is 0.0594. The molecule has 1 aromatic carbocycles. The van der Waals surface area contributed by atoms with Crippen LogP contribution in [0.25, 0.3) is 11.3 Å². The second kappa shape index (κ2) is 11.7. The summed E-state index contributed by atoms with van der Waals surface area (Å²) in [6, 6.07) is 7.18. The van der Waals surface area contributed by atoms with Gasteiger partial charge in [-0.3, -0.25) is 4.90 Å². The molecule has 15 heteroatoms. The van der Waals surface area contributed by atoms with Gasteiger partial charge in [-0.2, -0.15) is 18.2 Å². The quantitative estimate of drug-likeness (QED) is 0.408. The molecule has 4 heterocycles. The molecule has 0 aliphatic carbocycles. The first-order chi connectivity index (χ1) is 19.7. The summed E-state index contributed by atoms with van der Waals surface area (Å²) in [4.78, 5) is 32.1. The summed E-state index contributed by atoms with van der Waals surface area (Å²) in [7, 11) is 0. The van der Waals surface area contributed by atoms with Crippen molar-refractivity contribution in [3.63, 3.8) is 0 Å². The maximum Gasteiger partial charge on any atom is 0.434 e. The molecule has 2 aromatic heterocycles. The molecule has 2 aliphatic rings. The standard InChI is InChI=1S/C26H28F3N7O5/c1-2-9-40-16-5-3-15(4-6-16)21-19(14-37)36(25(38)41-21)20-12-18(32-24(33-20)35-7-10-39-11-8-35)17-13-31-23(30)34-22(17)26(27,28)29/h3-6,12-13,19,21,37H,2,7-11,14H2,1H3,(H2,30,31,34)/t19-,21-/m0/s1. The number of benzene rings is 1. The third kappa shape index (κ3) is 5.95. The van der Waals surface area contributed by atoms with E-state index >= 15 is 0 Å². The molecule has 3 N–H and O–H groups in total. The van der Waals surface area contributed by atoms with E-state index in [1.165, 1.54) is 6.07 Å². The Bertz CT molecular complexity index is 1390. The van der Waals surface area contributed by atoms with Gasteiger partial charge in [-0.25, -0.2) is 19.7 Å². The summed E-state index contributed by atoms with van der Waals surface area (Å²) in [6.07, 6.45) is -4.82. The van der Waals surface area contributed by atoms with Gasteiger partial charge >= 0.3 is 12.3 Å². The van der Waals surface area contributed by atoms with E-state index in [-0.39, 0.29) is 17.5 Å². The molecule has 12 nitrogen and oxygen atoms in total. The van der Waals surface area contributed by atoms with Gasteiger partial charge in [0, 0.05) is 30.9 Å². The first-order valence-electron chi connectivity index (χ1n) is 12.9. The Morgan fingerprint density at radius 2 is 1.88 bits per heavy atom. The van der Waals surface area contributed by atoms with Gasteiger partial charge in [0.1, 0.15) is 17.6 Å². The van der Waals surface area contributed by atoms with E-state index < -0.39 is 48.2 Å². The van der Waals surface area contributed by atoms with E-state index in [1.54, 1.807) is 29.2 Å². The summed E-state index contributed by atoms with van der Waals surface area (Å²) < 4.78 is 58.5. The molecule has 0 unspecified atom stereocenters. The number of nitrogens with zero attached hydrogens (tertiary/aromatic N) is 6. The lowest BCUT2D eigenvalue weighted by atomic mass is 10.0. The van der Waals surface area contributed by atoms with Crippen molar-refractivity contribution in [3.05, 3.63) is 47.8 Å². The number of hydrogen-bond acceptors (Lipinski definition) is 11. The Labute approximate surface area is 232 Å². The van der Waals surface area contributed by atoms with Crippen LogP contribution in [0.2, 0.25) is 0 Å². The number of nitrogen functional groups attached to an aromatic ring is 1. The van der Waals surface area contributed by atoms with Crippen molar-refractivity contribution in [1.29, 1.82) is 0 Å². The van der Waals surface area contributed by atoms with Crippen LogP contribution in [0.1, 0.15) is 30.7 Å². The number of morpholine rings is 1. The number of aliphatic hydroxyl groups is 1. The Balaban J connectivity index is 1.57. The molecule has 0 bridgehead atoms. The summed E-state index contributed by atoms with van der Waals surface area (Å²) in [5.74, 6) is 0.0901. The first-order valence-corrected chi connectivity index (χ1v) is 12.9. The third-order valence-corrected chi connectivity index (χ3v) is 6.57. The maximum atomic E-state index is 13.9. The van der Waals surface area contributed by atoms with Crippen LogP contribution in [0.15, 0.2) is 36.5 Å². The first kappa shape index (κ1) is 28.3. The van der Waals surface area contributed by atoms with Crippen LogP contribution in [0.5, 0.6) is 5.75 Å². The molecule has 2 saturated heterocycles. The predicted molar refractivity (Wildman–Crippen MR) is 140 cm³/mol. The predicted octanol–water partition coefficient (Wildman–Crippen LogP) is 3.22. The van der Waals surface area contributed by atoms with Crippen molar-refractivity contribution < 1.29 is 37.3 Å². The number of amides is 1. The van der Waals surface area contributed by atoms with E-state index in [9.17, 15) is 23.1 Å². The fourth-order valence-electron chi connectivity index (χ4n) is 4.61. The van der Waals surface area contributed by atoms with Crippen LogP contribution in [-0.2, 0) is 15.7 Å². The number of ether oxygens (including phenoxy) is 3. The number of nitrogens with two attached hydrogens (primary N) is 1. The number of carbonyl (C=O) groups excluding carboxylic acids is 1. The number of carbonyl (C=O) groups is 1. The molecule has 2 fully saturated rings. The highest BCUT2D eigenvalue weighted by molar-refractivity contribution is 5.91. The summed E-state index contributed by atoms with van der Waals surface area (Å²) in [5, 5.41) is 10.4. The van der Waals surface area contributed by atoms with Gasteiger partial charge in [0.15, 0.2) is 11.8 Å². The lowest BCUT2D eigenvalue weighted by Gasteiger charge is -2.29. The second-order valence-corrected chi connectivity index (χ2v) is 9.34. The number of hydrogen-bond donors (Lipinski definition) is 2. The van der Waals surface area contributed by atoms with E-state index in [0.717, 1.165) is 17.5 Å². The molecular formula is C26H28F3N7O5. The SMILES string of the molecule is CCCOc1ccc([C@@H]2OC(=O)N(c3cc(-c4cnc(N)nc4C(F)(F)F)nc(N4CCOCC4)n3)[C@H]2CO)cc1. The lowest BCUT2D eigenvalue weighted by Crippen LogP contribution is -2.40. The molecule has 1 amide bonds. The summed E-state index contributed by atoms with van der Waals surface area (Å²) in [6.45, 7) is 3.46. The molecule has 0 spiro atoms. The molecule has 41 heavy (non-hydrogen) atoms. The van der Waals surface area contributed by atoms with Gasteiger partial charge in [-0.05, 0) is 24.1 Å². The third-order valence-electron chi connectivity index (χ3n) is 6.57. The van der Waals surface area contributed by atoms with Gasteiger partial charge in [0.2, 0.25) is 11.9 Å². The number of anilines is 3. The largest absolute Gasteiger partial charge is 0.494 e. The highest BCUT2D eigenvalue weighted by Gasteiger charge is 2.45. The van der Waals surface area contributed by atoms with Gasteiger partial charge in [-0.1, -0.05) is 19.1 Å². The van der Waals surface area contributed by atoms with E-state index in [2.05, 4.69) is 19.9 Å². The molecular weight excluding hydrogens is 547 g/mol. The monoisotopic (exact) mass is 575 g/mol. The van der Waals surface area contributed by atoms with Crippen molar-refractivity contribution in [1.82, 2.24) is 19.9 Å². The zero-order valence-corrected chi connectivity index (χ0v) is 22.0. The molecule has 2 aliphatic heterocycles. The Morgan fingerprint density at radius 3 is 2.54 bits per heavy atom. The van der Waals surface area contributed by atoms with Crippen molar-refractivity contribution >= 4 is 23.8 Å². The van der Waals surface area contributed by atoms with E-state index in [4.69, 9.17) is 19.9 Å². The van der Waals surface area contributed by atoms with Crippen molar-refractivity contribution in [2.45, 2.75) is 31.7 Å². The second-order valence-electron chi connectivity index (χ2n) is 9.34. The van der Waals surface area contributed by atoms with Crippen molar-refractivity contribution in [2.75, 3.05) is 55.1 Å². The van der Waals surface area contributed by atoms with Crippen LogP contribution >= 0.6 is 0 Å². The highest BCUT2D eigenvalue weighted by Crippen LogP contribution is 2.40. The van der Waals surface area contributed by atoms with Crippen molar-refractivity contribution in [3.8, 4) is 17.0 Å². The average molecular weight is 576 g/mol. The zero-order chi connectivity index (χ0) is 29.1. The van der Waals surface area contributed by atoms with Crippen LogP contribution < -0.4 is 20.3 Å². The minimum atomic E-state index is -4.87. The average Bonchev–Trinajstić information content (AvgIpc) is 3.32. The van der Waals surface area contributed by atoms with Gasteiger partial charge in [0.05, 0.1) is 32.1 Å². The fraction of sp³-hybridized carbons (Fsp3) is 0.423. The summed E-state index contributed by atoms with van der Waals surface area (Å²) in [5.41, 5.74) is 4.13. The summed E-state index contributed by atoms with van der Waals surface area (Å²) >= 11 is 0. The minimum Gasteiger partial charge on any atom is -0.494 e. The topological polar surface area (TPSA) is 149 Å². The Hall–Kier alpha value is -4.24. The number of cyclic esters (lactones) is 1.